The molecule has 30 heavy (non-hydrogen) atoms. The Morgan fingerprint density at radius 3 is 2.53 bits per heavy atom. The monoisotopic (exact) mass is 400 g/mol. The van der Waals surface area contributed by atoms with Crippen LogP contribution in [-0.2, 0) is 17.8 Å². The van der Waals surface area contributed by atoms with Crippen molar-refractivity contribution in [2.45, 2.75) is 25.9 Å². The van der Waals surface area contributed by atoms with Crippen LogP contribution in [0.5, 0.6) is 0 Å². The number of benzene rings is 3. The molecule has 1 unspecified atom stereocenters. The number of carbonyl (C=O) groups excluding carboxylic acids is 1. The molecule has 0 radical (unpaired) electrons. The summed E-state index contributed by atoms with van der Waals surface area (Å²) in [4.78, 5) is 16.5. The Hall–Kier alpha value is -3.44. The number of hydrogen-bond acceptors (Lipinski definition) is 3. The highest BCUT2D eigenvalue weighted by Gasteiger charge is 2.12. The first-order chi connectivity index (χ1) is 14.6. The van der Waals surface area contributed by atoms with Crippen molar-refractivity contribution in [1.29, 1.82) is 0 Å². The molecule has 0 fully saturated rings. The van der Waals surface area contributed by atoms with E-state index >= 15 is 0 Å². The Balaban J connectivity index is 1.54. The highest BCUT2D eigenvalue weighted by atomic mass is 16.1. The van der Waals surface area contributed by atoms with Crippen LogP contribution in [0.3, 0.4) is 0 Å². The number of nitrogens with two attached hydrogens (primary N) is 1. The number of carbonyl (C=O) groups is 1. The number of fused-ring (bicyclic) bond motifs is 1. The molecule has 0 saturated carbocycles. The van der Waals surface area contributed by atoms with Gasteiger partial charge in [-0.05, 0) is 34.4 Å². The molecule has 0 bridgehead atoms. The van der Waals surface area contributed by atoms with Crippen molar-refractivity contribution in [2.75, 3.05) is 6.54 Å². The number of amidine groups is 1. The van der Waals surface area contributed by atoms with Gasteiger partial charge in [-0.1, -0.05) is 73.3 Å². The molecule has 1 atom stereocenters. The summed E-state index contributed by atoms with van der Waals surface area (Å²) < 4.78 is 0. The molecule has 0 spiro atoms. The van der Waals surface area contributed by atoms with Crippen LogP contribution in [-0.4, -0.2) is 18.3 Å². The molecule has 0 aromatic heterocycles. The summed E-state index contributed by atoms with van der Waals surface area (Å²) in [6.07, 6.45) is 1.78. The van der Waals surface area contributed by atoms with Gasteiger partial charge >= 0.3 is 0 Å². The van der Waals surface area contributed by atoms with Gasteiger partial charge in [0.1, 0.15) is 5.84 Å². The molecular formula is C25H28N4O. The number of amides is 1. The average molecular weight is 401 g/mol. The van der Waals surface area contributed by atoms with E-state index in [-0.39, 0.29) is 11.9 Å². The molecule has 4 N–H and O–H groups in total. The minimum atomic E-state index is -0.0604. The summed E-state index contributed by atoms with van der Waals surface area (Å²) in [7, 11) is 0. The lowest BCUT2D eigenvalue weighted by molar-refractivity contribution is -0.121. The molecule has 3 aromatic carbocycles. The topological polar surface area (TPSA) is 79.5 Å². The van der Waals surface area contributed by atoms with Crippen LogP contribution in [0.25, 0.3) is 10.8 Å². The van der Waals surface area contributed by atoms with Crippen molar-refractivity contribution in [3.8, 4) is 0 Å². The summed E-state index contributed by atoms with van der Waals surface area (Å²) >= 11 is 0. The number of rotatable bonds is 9. The van der Waals surface area contributed by atoms with Gasteiger partial charge in [-0.3, -0.25) is 4.79 Å². The van der Waals surface area contributed by atoms with Crippen molar-refractivity contribution in [2.24, 2.45) is 10.7 Å². The summed E-state index contributed by atoms with van der Waals surface area (Å²) in [5, 5.41) is 8.69. The third kappa shape index (κ3) is 5.78. The quantitative estimate of drug-likeness (QED) is 0.377. The minimum absolute atomic E-state index is 0.00900. The van der Waals surface area contributed by atoms with Crippen LogP contribution in [0, 0.1) is 0 Å². The Bertz CT molecular complexity index is 1040. The summed E-state index contributed by atoms with van der Waals surface area (Å²) in [6.45, 7) is 6.72. The highest BCUT2D eigenvalue weighted by molar-refractivity contribution is 5.87. The molecular weight excluding hydrogens is 372 g/mol. The normalized spacial score (nSPS) is 12.5. The van der Waals surface area contributed by atoms with Crippen molar-refractivity contribution in [1.82, 2.24) is 10.6 Å². The van der Waals surface area contributed by atoms with Gasteiger partial charge in [0.25, 0.3) is 0 Å². The van der Waals surface area contributed by atoms with Crippen molar-refractivity contribution >= 4 is 22.5 Å². The SMILES string of the molecule is C=CN=C(N)CNCc1ccc(CC(=O)NC(C)c2cccc3ccccc23)cc1. The lowest BCUT2D eigenvalue weighted by atomic mass is 9.99. The zero-order valence-electron chi connectivity index (χ0n) is 17.3. The zero-order valence-corrected chi connectivity index (χ0v) is 17.3. The van der Waals surface area contributed by atoms with E-state index in [4.69, 9.17) is 5.73 Å². The lowest BCUT2D eigenvalue weighted by Crippen LogP contribution is -2.28. The first-order valence-electron chi connectivity index (χ1n) is 10.1. The number of nitrogens with zero attached hydrogens (tertiary/aromatic N) is 1. The van der Waals surface area contributed by atoms with Crippen LogP contribution in [0.1, 0.15) is 29.7 Å². The van der Waals surface area contributed by atoms with Gasteiger partial charge in [-0.15, -0.1) is 0 Å². The smallest absolute Gasteiger partial charge is 0.224 e. The van der Waals surface area contributed by atoms with Crippen molar-refractivity contribution in [3.05, 3.63) is 96.2 Å². The van der Waals surface area contributed by atoms with E-state index in [0.717, 1.165) is 16.7 Å². The molecule has 154 valence electrons. The molecule has 3 rings (SSSR count). The maximum absolute atomic E-state index is 12.6. The summed E-state index contributed by atoms with van der Waals surface area (Å²) in [5.41, 5.74) is 8.94. The second kappa shape index (κ2) is 10.4. The molecule has 0 aliphatic heterocycles. The van der Waals surface area contributed by atoms with Crippen LogP contribution in [0.2, 0.25) is 0 Å². The molecule has 0 aliphatic rings. The first kappa shape index (κ1) is 21.3. The van der Waals surface area contributed by atoms with E-state index in [2.05, 4.69) is 46.5 Å². The average Bonchev–Trinajstić information content (AvgIpc) is 2.74. The number of hydrogen-bond donors (Lipinski definition) is 3. The van der Waals surface area contributed by atoms with Gasteiger partial charge in [0, 0.05) is 12.7 Å². The Labute approximate surface area is 177 Å². The molecule has 0 aliphatic carbocycles. The fourth-order valence-electron chi connectivity index (χ4n) is 3.46. The maximum Gasteiger partial charge on any atom is 0.224 e. The van der Waals surface area contributed by atoms with Gasteiger partial charge < -0.3 is 16.4 Å². The predicted octanol–water partition coefficient (Wildman–Crippen LogP) is 3.85. The first-order valence-corrected chi connectivity index (χ1v) is 10.1. The predicted molar refractivity (Wildman–Crippen MR) is 124 cm³/mol. The van der Waals surface area contributed by atoms with Crippen molar-refractivity contribution < 1.29 is 4.79 Å². The number of nitrogens with one attached hydrogen (secondary N) is 2. The van der Waals surface area contributed by atoms with Gasteiger partial charge in [0.2, 0.25) is 5.91 Å². The van der Waals surface area contributed by atoms with E-state index in [1.165, 1.54) is 17.0 Å². The maximum atomic E-state index is 12.6. The molecule has 5 heteroatoms. The summed E-state index contributed by atoms with van der Waals surface area (Å²) in [6, 6.07) is 22.4. The third-order valence-electron chi connectivity index (χ3n) is 4.95. The van der Waals surface area contributed by atoms with E-state index < -0.39 is 0 Å². The Kier molecular flexibility index (Phi) is 7.35. The van der Waals surface area contributed by atoms with E-state index in [1.54, 1.807) is 0 Å². The summed E-state index contributed by atoms with van der Waals surface area (Å²) in [5.74, 6) is 0.508. The van der Waals surface area contributed by atoms with Crippen LogP contribution < -0.4 is 16.4 Å². The molecule has 5 nitrogen and oxygen atoms in total. The highest BCUT2D eigenvalue weighted by Crippen LogP contribution is 2.24. The fraction of sp³-hybridized carbons (Fsp3) is 0.200. The van der Waals surface area contributed by atoms with Gasteiger partial charge in [-0.25, -0.2) is 4.99 Å². The Morgan fingerprint density at radius 2 is 1.77 bits per heavy atom. The molecule has 3 aromatic rings. The Morgan fingerprint density at radius 1 is 1.07 bits per heavy atom. The fourth-order valence-corrected chi connectivity index (χ4v) is 3.46. The standard InChI is InChI=1S/C25H28N4O/c1-3-28-24(26)17-27-16-20-13-11-19(12-14-20)15-25(30)29-18(2)22-10-6-8-21-7-4-5-9-23(21)22/h3-14,18,27H,1,15-17H2,2H3,(H2,26,28)(H,29,30). The minimum Gasteiger partial charge on any atom is -0.386 e. The van der Waals surface area contributed by atoms with Crippen molar-refractivity contribution in [3.63, 3.8) is 0 Å². The van der Waals surface area contributed by atoms with Gasteiger partial charge in [0.05, 0.1) is 19.0 Å². The van der Waals surface area contributed by atoms with Crippen LogP contribution in [0.15, 0.2) is 84.5 Å². The van der Waals surface area contributed by atoms with E-state index in [1.807, 2.05) is 49.4 Å². The lowest BCUT2D eigenvalue weighted by Gasteiger charge is -2.17. The van der Waals surface area contributed by atoms with E-state index in [0.29, 0.717) is 25.3 Å². The number of aliphatic imine (C=N–C) groups is 1. The second-order valence-electron chi connectivity index (χ2n) is 7.26. The second-order valence-corrected chi connectivity index (χ2v) is 7.26. The van der Waals surface area contributed by atoms with Crippen LogP contribution in [0.4, 0.5) is 0 Å². The zero-order chi connectivity index (χ0) is 21.3. The largest absolute Gasteiger partial charge is 0.386 e. The third-order valence-corrected chi connectivity index (χ3v) is 4.95. The molecule has 1 amide bonds. The van der Waals surface area contributed by atoms with Gasteiger partial charge in [-0.2, -0.15) is 0 Å². The molecule has 0 saturated heterocycles. The van der Waals surface area contributed by atoms with Gasteiger partial charge in [0.15, 0.2) is 0 Å². The molecule has 0 heterocycles. The van der Waals surface area contributed by atoms with Crippen LogP contribution >= 0.6 is 0 Å². The van der Waals surface area contributed by atoms with E-state index in [9.17, 15) is 4.79 Å².